The lowest BCUT2D eigenvalue weighted by molar-refractivity contribution is 0.692. The fourth-order valence-electron chi connectivity index (χ4n) is 2.14. The van der Waals surface area contributed by atoms with E-state index in [1.807, 2.05) is 13.1 Å². The Hall–Kier alpha value is -1.80. The van der Waals surface area contributed by atoms with Crippen molar-refractivity contribution < 1.29 is 0 Å². The molecule has 0 aliphatic carbocycles. The van der Waals surface area contributed by atoms with E-state index >= 15 is 0 Å². The van der Waals surface area contributed by atoms with Crippen molar-refractivity contribution in [3.05, 3.63) is 65.7 Å². The van der Waals surface area contributed by atoms with Crippen LogP contribution >= 0.6 is 0 Å². The van der Waals surface area contributed by atoms with E-state index in [1.54, 1.807) is 0 Å². The topological polar surface area (TPSA) is 15.3 Å². The molecule has 0 spiro atoms. The SMILES string of the molecule is CNC(c1ccccc1)c1ccc(N(C)C)cc1. The van der Waals surface area contributed by atoms with Gasteiger partial charge in [0, 0.05) is 19.8 Å². The summed E-state index contributed by atoms with van der Waals surface area (Å²) in [6.45, 7) is 0. The lowest BCUT2D eigenvalue weighted by Gasteiger charge is -2.19. The maximum atomic E-state index is 3.37. The van der Waals surface area contributed by atoms with Crippen LogP contribution in [0.25, 0.3) is 0 Å². The molecule has 2 heteroatoms. The van der Waals surface area contributed by atoms with Crippen molar-refractivity contribution in [2.24, 2.45) is 0 Å². The summed E-state index contributed by atoms with van der Waals surface area (Å²) in [4.78, 5) is 2.11. The van der Waals surface area contributed by atoms with Crippen LogP contribution in [-0.2, 0) is 0 Å². The minimum atomic E-state index is 0.252. The van der Waals surface area contributed by atoms with Crippen LogP contribution in [0.3, 0.4) is 0 Å². The van der Waals surface area contributed by atoms with Crippen LogP contribution < -0.4 is 10.2 Å². The monoisotopic (exact) mass is 240 g/mol. The quantitative estimate of drug-likeness (QED) is 0.883. The second-order valence-electron chi connectivity index (χ2n) is 4.62. The first kappa shape index (κ1) is 12.7. The van der Waals surface area contributed by atoms with Crippen LogP contribution in [-0.4, -0.2) is 21.1 Å². The number of benzene rings is 2. The van der Waals surface area contributed by atoms with E-state index in [9.17, 15) is 0 Å². The number of hydrogen-bond donors (Lipinski definition) is 1. The van der Waals surface area contributed by atoms with E-state index in [4.69, 9.17) is 0 Å². The van der Waals surface area contributed by atoms with Crippen LogP contribution in [0, 0.1) is 0 Å². The molecular weight excluding hydrogens is 220 g/mol. The van der Waals surface area contributed by atoms with Crippen LogP contribution in [0.1, 0.15) is 17.2 Å². The zero-order chi connectivity index (χ0) is 13.0. The van der Waals surface area contributed by atoms with Gasteiger partial charge in [0.05, 0.1) is 6.04 Å². The van der Waals surface area contributed by atoms with Gasteiger partial charge >= 0.3 is 0 Å². The second-order valence-corrected chi connectivity index (χ2v) is 4.62. The minimum Gasteiger partial charge on any atom is -0.378 e. The van der Waals surface area contributed by atoms with Crippen molar-refractivity contribution in [1.29, 1.82) is 0 Å². The molecule has 2 aromatic carbocycles. The highest BCUT2D eigenvalue weighted by Gasteiger charge is 2.11. The molecule has 0 aliphatic rings. The summed E-state index contributed by atoms with van der Waals surface area (Å²) in [5.41, 5.74) is 3.80. The summed E-state index contributed by atoms with van der Waals surface area (Å²) in [5, 5.41) is 3.37. The molecule has 0 saturated heterocycles. The number of rotatable bonds is 4. The Labute approximate surface area is 109 Å². The maximum Gasteiger partial charge on any atom is 0.0574 e. The number of nitrogens with one attached hydrogen (secondary N) is 1. The van der Waals surface area contributed by atoms with Gasteiger partial charge in [-0.3, -0.25) is 0 Å². The molecule has 1 atom stereocenters. The Morgan fingerprint density at radius 3 is 1.89 bits per heavy atom. The van der Waals surface area contributed by atoms with Gasteiger partial charge in [-0.2, -0.15) is 0 Å². The maximum absolute atomic E-state index is 3.37. The fraction of sp³-hybridized carbons (Fsp3) is 0.250. The summed E-state index contributed by atoms with van der Waals surface area (Å²) in [5.74, 6) is 0. The molecule has 94 valence electrons. The average Bonchev–Trinajstić information content (AvgIpc) is 2.41. The zero-order valence-electron chi connectivity index (χ0n) is 11.2. The first-order valence-electron chi connectivity index (χ1n) is 6.22. The molecular formula is C16H20N2. The van der Waals surface area contributed by atoms with Crippen molar-refractivity contribution in [2.45, 2.75) is 6.04 Å². The molecule has 0 aliphatic heterocycles. The molecule has 0 bridgehead atoms. The van der Waals surface area contributed by atoms with Gasteiger partial charge in [-0.25, -0.2) is 0 Å². The first-order chi connectivity index (χ1) is 8.72. The molecule has 0 heterocycles. The lowest BCUT2D eigenvalue weighted by atomic mass is 9.99. The standard InChI is InChI=1S/C16H20N2/c1-17-16(13-7-5-4-6-8-13)14-9-11-15(12-10-14)18(2)3/h4-12,16-17H,1-3H3. The Balaban J connectivity index is 2.28. The molecule has 18 heavy (non-hydrogen) atoms. The Morgan fingerprint density at radius 2 is 1.39 bits per heavy atom. The highest BCUT2D eigenvalue weighted by Crippen LogP contribution is 2.23. The lowest BCUT2D eigenvalue weighted by Crippen LogP contribution is -2.17. The van der Waals surface area contributed by atoms with Gasteiger partial charge in [-0.15, -0.1) is 0 Å². The van der Waals surface area contributed by atoms with Crippen LogP contribution in [0.15, 0.2) is 54.6 Å². The highest BCUT2D eigenvalue weighted by atomic mass is 15.1. The largest absolute Gasteiger partial charge is 0.378 e. The first-order valence-corrected chi connectivity index (χ1v) is 6.22. The van der Waals surface area contributed by atoms with Gasteiger partial charge in [0.25, 0.3) is 0 Å². The zero-order valence-corrected chi connectivity index (χ0v) is 11.2. The van der Waals surface area contributed by atoms with E-state index in [-0.39, 0.29) is 6.04 Å². The number of hydrogen-bond acceptors (Lipinski definition) is 2. The molecule has 2 rings (SSSR count). The van der Waals surface area contributed by atoms with Crippen LogP contribution in [0.5, 0.6) is 0 Å². The summed E-state index contributed by atoms with van der Waals surface area (Å²) in [7, 11) is 6.11. The third-order valence-electron chi connectivity index (χ3n) is 3.16. The molecule has 1 N–H and O–H groups in total. The van der Waals surface area contributed by atoms with Crippen molar-refractivity contribution in [2.75, 3.05) is 26.0 Å². The number of anilines is 1. The third kappa shape index (κ3) is 2.71. The predicted octanol–water partition coefficient (Wildman–Crippen LogP) is 3.06. The molecule has 2 nitrogen and oxygen atoms in total. The van der Waals surface area contributed by atoms with Crippen LogP contribution in [0.4, 0.5) is 5.69 Å². The van der Waals surface area contributed by atoms with Gasteiger partial charge in [-0.1, -0.05) is 42.5 Å². The van der Waals surface area contributed by atoms with Gasteiger partial charge in [0.1, 0.15) is 0 Å². The molecule has 0 amide bonds. The van der Waals surface area contributed by atoms with Gasteiger partial charge < -0.3 is 10.2 Å². The van der Waals surface area contributed by atoms with E-state index < -0.39 is 0 Å². The molecule has 1 unspecified atom stereocenters. The van der Waals surface area contributed by atoms with E-state index in [1.165, 1.54) is 16.8 Å². The summed E-state index contributed by atoms with van der Waals surface area (Å²) < 4.78 is 0. The van der Waals surface area contributed by atoms with E-state index in [0.29, 0.717) is 0 Å². The normalized spacial score (nSPS) is 12.2. The molecule has 0 saturated carbocycles. The minimum absolute atomic E-state index is 0.252. The Morgan fingerprint density at radius 1 is 0.833 bits per heavy atom. The molecule has 0 radical (unpaired) electrons. The second kappa shape index (κ2) is 5.69. The van der Waals surface area contributed by atoms with Gasteiger partial charge in [0.2, 0.25) is 0 Å². The smallest absolute Gasteiger partial charge is 0.0574 e. The van der Waals surface area contributed by atoms with E-state index in [2.05, 4.69) is 72.8 Å². The van der Waals surface area contributed by atoms with Crippen molar-refractivity contribution >= 4 is 5.69 Å². The van der Waals surface area contributed by atoms with Crippen molar-refractivity contribution in [3.8, 4) is 0 Å². The third-order valence-corrected chi connectivity index (χ3v) is 3.16. The molecule has 2 aromatic rings. The molecule has 0 fully saturated rings. The summed E-state index contributed by atoms with van der Waals surface area (Å²) >= 11 is 0. The van der Waals surface area contributed by atoms with Gasteiger partial charge in [-0.05, 0) is 30.3 Å². The Kier molecular flexibility index (Phi) is 4.00. The van der Waals surface area contributed by atoms with Crippen molar-refractivity contribution in [1.82, 2.24) is 5.32 Å². The van der Waals surface area contributed by atoms with Crippen molar-refractivity contribution in [3.63, 3.8) is 0 Å². The fourth-order valence-corrected chi connectivity index (χ4v) is 2.14. The van der Waals surface area contributed by atoms with Crippen LogP contribution in [0.2, 0.25) is 0 Å². The highest BCUT2D eigenvalue weighted by molar-refractivity contribution is 5.47. The molecule has 0 aromatic heterocycles. The van der Waals surface area contributed by atoms with E-state index in [0.717, 1.165) is 0 Å². The van der Waals surface area contributed by atoms with Gasteiger partial charge in [0.15, 0.2) is 0 Å². The summed E-state index contributed by atoms with van der Waals surface area (Å²) in [6, 6.07) is 19.4. The summed E-state index contributed by atoms with van der Waals surface area (Å²) in [6.07, 6.45) is 0. The average molecular weight is 240 g/mol. The predicted molar refractivity (Wildman–Crippen MR) is 78.1 cm³/mol. The Bertz CT molecular complexity index is 474. The number of nitrogens with zero attached hydrogens (tertiary/aromatic N) is 1.